The second-order valence-electron chi connectivity index (χ2n) is 5.61. The van der Waals surface area contributed by atoms with Gasteiger partial charge in [-0.2, -0.15) is 0 Å². The molecule has 1 aromatic heterocycles. The second-order valence-corrected chi connectivity index (χ2v) is 5.61. The Hall–Kier alpha value is -1.43. The molecule has 0 spiro atoms. The zero-order valence-electron chi connectivity index (χ0n) is 12.2. The Labute approximate surface area is 122 Å². The first-order valence-electron chi connectivity index (χ1n) is 7.15. The number of rotatable bonds is 4. The molecular formula is C16H19FO4. The van der Waals surface area contributed by atoms with Crippen LogP contribution in [0.15, 0.2) is 16.7 Å². The molecule has 0 bridgehead atoms. The van der Waals surface area contributed by atoms with Gasteiger partial charge in [0.15, 0.2) is 17.7 Å². The van der Waals surface area contributed by atoms with Gasteiger partial charge < -0.3 is 19.0 Å². The Morgan fingerprint density at radius 1 is 1.38 bits per heavy atom. The van der Waals surface area contributed by atoms with Crippen molar-refractivity contribution in [1.82, 2.24) is 0 Å². The molecule has 1 aliphatic rings. The molecule has 0 saturated carbocycles. The van der Waals surface area contributed by atoms with Crippen molar-refractivity contribution in [3.63, 3.8) is 0 Å². The molecule has 2 heterocycles. The van der Waals surface area contributed by atoms with Gasteiger partial charge in [-0.3, -0.25) is 0 Å². The third kappa shape index (κ3) is 2.57. The van der Waals surface area contributed by atoms with Crippen molar-refractivity contribution >= 4 is 11.0 Å². The molecule has 1 aliphatic heterocycles. The minimum Gasteiger partial charge on any atom is -0.461 e. The van der Waals surface area contributed by atoms with Crippen LogP contribution in [0.5, 0.6) is 0 Å². The summed E-state index contributed by atoms with van der Waals surface area (Å²) in [6, 6.07) is 1.88. The normalized spacial score (nSPS) is 17.7. The number of hydrogen-bond donors (Lipinski definition) is 1. The van der Waals surface area contributed by atoms with Crippen LogP contribution in [0, 0.1) is 18.7 Å². The van der Waals surface area contributed by atoms with E-state index in [1.165, 1.54) is 0 Å². The third-order valence-corrected chi connectivity index (χ3v) is 3.93. The van der Waals surface area contributed by atoms with Gasteiger partial charge in [0.05, 0.1) is 19.5 Å². The Morgan fingerprint density at radius 3 is 2.76 bits per heavy atom. The topological polar surface area (TPSA) is 51.8 Å². The van der Waals surface area contributed by atoms with Gasteiger partial charge in [0.25, 0.3) is 0 Å². The van der Waals surface area contributed by atoms with Crippen LogP contribution in [-0.2, 0) is 15.9 Å². The molecule has 1 atom stereocenters. The zero-order valence-corrected chi connectivity index (χ0v) is 12.2. The van der Waals surface area contributed by atoms with Crippen LogP contribution < -0.4 is 0 Å². The predicted molar refractivity (Wildman–Crippen MR) is 75.5 cm³/mol. The molecule has 21 heavy (non-hydrogen) atoms. The van der Waals surface area contributed by atoms with E-state index in [1.807, 2.05) is 13.0 Å². The summed E-state index contributed by atoms with van der Waals surface area (Å²) < 4.78 is 30.8. The van der Waals surface area contributed by atoms with Crippen molar-refractivity contribution in [1.29, 1.82) is 0 Å². The number of aliphatic hydroxyl groups is 1. The number of benzene rings is 1. The number of ether oxygens (including phenoxy) is 2. The number of aliphatic hydroxyl groups excluding tert-OH is 1. The summed E-state index contributed by atoms with van der Waals surface area (Å²) in [5.74, 6) is -0.276. The Bertz CT molecular complexity index is 643. The summed E-state index contributed by atoms with van der Waals surface area (Å²) >= 11 is 0. The van der Waals surface area contributed by atoms with Gasteiger partial charge in [0.1, 0.15) is 0 Å². The minimum atomic E-state index is -0.512. The Morgan fingerprint density at radius 2 is 2.10 bits per heavy atom. The number of hydrogen-bond acceptors (Lipinski definition) is 4. The lowest BCUT2D eigenvalue weighted by molar-refractivity contribution is -0.0446. The number of furan rings is 1. The molecule has 1 N–H and O–H groups in total. The van der Waals surface area contributed by atoms with Crippen molar-refractivity contribution in [3.8, 4) is 0 Å². The van der Waals surface area contributed by atoms with Crippen molar-refractivity contribution < 1.29 is 23.4 Å². The molecule has 4 nitrogen and oxygen atoms in total. The minimum absolute atomic E-state index is 0.0860. The van der Waals surface area contributed by atoms with Gasteiger partial charge in [0, 0.05) is 17.6 Å². The summed E-state index contributed by atoms with van der Waals surface area (Å²) in [6.45, 7) is 4.76. The van der Waals surface area contributed by atoms with E-state index in [9.17, 15) is 9.50 Å². The predicted octanol–water partition coefficient (Wildman–Crippen LogP) is 3.10. The monoisotopic (exact) mass is 294 g/mol. The lowest BCUT2D eigenvalue weighted by atomic mass is 9.98. The third-order valence-electron chi connectivity index (χ3n) is 3.93. The molecule has 114 valence electrons. The first-order chi connectivity index (χ1) is 10.1. The second kappa shape index (κ2) is 5.75. The standard InChI is InChI=1S/C16H19FO4/c1-9(7-18)5-11-8-21-15-13(11)6-12(10(2)14(15)17)16-19-3-4-20-16/h6,8-9,16,18H,3-5,7H2,1-2H3/t9-/m1/s1. The molecule has 3 rings (SSSR count). The zero-order chi connectivity index (χ0) is 15.0. The molecule has 0 aliphatic carbocycles. The molecule has 0 unspecified atom stereocenters. The molecule has 1 aromatic carbocycles. The smallest absolute Gasteiger partial charge is 0.184 e. The van der Waals surface area contributed by atoms with Crippen molar-refractivity contribution in [2.24, 2.45) is 5.92 Å². The van der Waals surface area contributed by atoms with E-state index in [-0.39, 0.29) is 23.9 Å². The fourth-order valence-electron chi connectivity index (χ4n) is 2.67. The van der Waals surface area contributed by atoms with Gasteiger partial charge >= 0.3 is 0 Å². The van der Waals surface area contributed by atoms with Crippen LogP contribution in [0.2, 0.25) is 0 Å². The van der Waals surface area contributed by atoms with Crippen LogP contribution in [0.3, 0.4) is 0 Å². The van der Waals surface area contributed by atoms with Gasteiger partial charge in [-0.15, -0.1) is 0 Å². The molecule has 0 amide bonds. The first-order valence-corrected chi connectivity index (χ1v) is 7.15. The number of halogens is 1. The summed E-state index contributed by atoms with van der Waals surface area (Å²) in [5.41, 5.74) is 2.35. The average molecular weight is 294 g/mol. The first kappa shape index (κ1) is 14.5. The maximum absolute atomic E-state index is 14.5. The molecule has 5 heteroatoms. The van der Waals surface area contributed by atoms with E-state index >= 15 is 0 Å². The molecule has 2 aromatic rings. The van der Waals surface area contributed by atoms with Gasteiger partial charge in [-0.25, -0.2) is 4.39 Å². The summed E-state index contributed by atoms with van der Waals surface area (Å²) in [7, 11) is 0. The van der Waals surface area contributed by atoms with Crippen LogP contribution >= 0.6 is 0 Å². The lowest BCUT2D eigenvalue weighted by Crippen LogP contribution is -2.05. The highest BCUT2D eigenvalue weighted by molar-refractivity contribution is 5.83. The van der Waals surface area contributed by atoms with E-state index in [0.29, 0.717) is 30.8 Å². The molecule has 0 radical (unpaired) electrons. The van der Waals surface area contributed by atoms with Crippen LogP contribution in [0.25, 0.3) is 11.0 Å². The lowest BCUT2D eigenvalue weighted by Gasteiger charge is -2.14. The summed E-state index contributed by atoms with van der Waals surface area (Å²) in [4.78, 5) is 0. The Balaban J connectivity index is 2.08. The highest BCUT2D eigenvalue weighted by Gasteiger charge is 2.25. The van der Waals surface area contributed by atoms with Gasteiger partial charge in [0.2, 0.25) is 0 Å². The summed E-state index contributed by atoms with van der Waals surface area (Å²) in [5, 5.41) is 9.92. The highest BCUT2D eigenvalue weighted by Crippen LogP contribution is 2.35. The molecular weight excluding hydrogens is 275 g/mol. The van der Waals surface area contributed by atoms with Crippen molar-refractivity contribution in [2.45, 2.75) is 26.6 Å². The maximum atomic E-state index is 14.5. The Kier molecular flexibility index (Phi) is 3.97. The van der Waals surface area contributed by atoms with Gasteiger partial charge in [-0.05, 0) is 36.5 Å². The van der Waals surface area contributed by atoms with Crippen molar-refractivity contribution in [2.75, 3.05) is 19.8 Å². The SMILES string of the molecule is Cc1c(C2OCCO2)cc2c(C[C@@H](C)CO)coc2c1F. The van der Waals surface area contributed by atoms with E-state index < -0.39 is 6.29 Å². The highest BCUT2D eigenvalue weighted by atomic mass is 19.1. The van der Waals surface area contributed by atoms with E-state index in [4.69, 9.17) is 13.9 Å². The quantitative estimate of drug-likeness (QED) is 0.941. The van der Waals surface area contributed by atoms with Crippen LogP contribution in [0.1, 0.15) is 29.9 Å². The van der Waals surface area contributed by atoms with E-state index in [1.54, 1.807) is 13.2 Å². The van der Waals surface area contributed by atoms with E-state index in [0.717, 1.165) is 10.9 Å². The fraction of sp³-hybridized carbons (Fsp3) is 0.500. The van der Waals surface area contributed by atoms with Gasteiger partial charge in [-0.1, -0.05) is 6.92 Å². The maximum Gasteiger partial charge on any atom is 0.184 e. The van der Waals surface area contributed by atoms with Crippen LogP contribution in [0.4, 0.5) is 4.39 Å². The van der Waals surface area contributed by atoms with Crippen LogP contribution in [-0.4, -0.2) is 24.9 Å². The van der Waals surface area contributed by atoms with E-state index in [2.05, 4.69) is 0 Å². The molecule has 1 saturated heterocycles. The average Bonchev–Trinajstić information content (AvgIpc) is 3.12. The summed E-state index contributed by atoms with van der Waals surface area (Å²) in [6.07, 6.45) is 1.69. The molecule has 1 fully saturated rings. The largest absolute Gasteiger partial charge is 0.461 e. The van der Waals surface area contributed by atoms with Crippen molar-refractivity contribution in [3.05, 3.63) is 34.8 Å². The fourth-order valence-corrected chi connectivity index (χ4v) is 2.67. The number of fused-ring (bicyclic) bond motifs is 1.